The average Bonchev–Trinajstić information content (AvgIpc) is 3.04. The molecule has 1 aliphatic rings. The van der Waals surface area contributed by atoms with Gasteiger partial charge in [0.2, 0.25) is 0 Å². The second-order valence-electron chi connectivity index (χ2n) is 4.77. The number of aromatic amines is 1. The van der Waals surface area contributed by atoms with Crippen LogP contribution < -0.4 is 5.32 Å². The highest BCUT2D eigenvalue weighted by atomic mass is 35.5. The molecule has 2 aromatic carbocycles. The molecule has 3 nitrogen and oxygen atoms in total. The number of aromatic nitrogens is 2. The number of rotatable bonds is 1. The Morgan fingerprint density at radius 1 is 1.16 bits per heavy atom. The Balaban J connectivity index is 1.88. The zero-order valence-electron chi connectivity index (χ0n) is 10.2. The summed E-state index contributed by atoms with van der Waals surface area (Å²) in [6, 6.07) is 12.2. The zero-order chi connectivity index (χ0) is 12.8. The number of nitrogens with zero attached hydrogens (tertiary/aromatic N) is 1. The number of para-hydroxylation sites is 1. The molecule has 4 rings (SSSR count). The first-order chi connectivity index (χ1) is 9.31. The third-order valence-corrected chi connectivity index (χ3v) is 3.86. The topological polar surface area (TPSA) is 40.7 Å². The molecule has 0 atom stereocenters. The molecular weight excluding hydrogens is 258 g/mol. The number of halogens is 1. The fourth-order valence-corrected chi connectivity index (χ4v) is 2.80. The molecular formula is C15H12ClN3. The van der Waals surface area contributed by atoms with E-state index in [1.54, 1.807) is 0 Å². The fourth-order valence-electron chi connectivity index (χ4n) is 2.59. The van der Waals surface area contributed by atoms with Crippen molar-refractivity contribution in [3.63, 3.8) is 0 Å². The van der Waals surface area contributed by atoms with E-state index in [0.29, 0.717) is 5.02 Å². The van der Waals surface area contributed by atoms with Gasteiger partial charge in [0.25, 0.3) is 0 Å². The summed E-state index contributed by atoms with van der Waals surface area (Å²) in [7, 11) is 0. The summed E-state index contributed by atoms with van der Waals surface area (Å²) in [5.41, 5.74) is 5.50. The van der Waals surface area contributed by atoms with Crippen LogP contribution in [0.25, 0.3) is 22.4 Å². The highest BCUT2D eigenvalue weighted by Crippen LogP contribution is 2.29. The largest absolute Gasteiger partial charge is 0.384 e. The lowest BCUT2D eigenvalue weighted by molar-refractivity contribution is 1.11. The first kappa shape index (κ1) is 10.9. The fraction of sp³-hybridized carbons (Fsp3) is 0.133. The van der Waals surface area contributed by atoms with Gasteiger partial charge >= 0.3 is 0 Å². The summed E-state index contributed by atoms with van der Waals surface area (Å²) in [5.74, 6) is 0.873. The molecule has 19 heavy (non-hydrogen) atoms. The molecule has 0 amide bonds. The summed E-state index contributed by atoms with van der Waals surface area (Å²) in [6.07, 6.45) is 1.07. The smallest absolute Gasteiger partial charge is 0.138 e. The second-order valence-corrected chi connectivity index (χ2v) is 5.18. The van der Waals surface area contributed by atoms with E-state index in [2.05, 4.69) is 33.5 Å². The summed E-state index contributed by atoms with van der Waals surface area (Å²) >= 11 is 6.16. The van der Waals surface area contributed by atoms with Gasteiger partial charge in [-0.3, -0.25) is 0 Å². The molecule has 0 unspecified atom stereocenters. The van der Waals surface area contributed by atoms with E-state index in [1.165, 1.54) is 11.3 Å². The maximum absolute atomic E-state index is 6.16. The minimum absolute atomic E-state index is 0.683. The van der Waals surface area contributed by atoms with E-state index in [4.69, 9.17) is 11.6 Å². The van der Waals surface area contributed by atoms with Gasteiger partial charge in [0.1, 0.15) is 11.3 Å². The number of hydrogen-bond donors (Lipinski definition) is 2. The number of fused-ring (bicyclic) bond motifs is 2. The van der Waals surface area contributed by atoms with Crippen LogP contribution >= 0.6 is 11.6 Å². The van der Waals surface area contributed by atoms with Gasteiger partial charge in [-0.1, -0.05) is 17.7 Å². The van der Waals surface area contributed by atoms with Gasteiger partial charge in [0.05, 0.1) is 10.5 Å². The van der Waals surface area contributed by atoms with Crippen molar-refractivity contribution in [1.29, 1.82) is 0 Å². The molecule has 0 saturated heterocycles. The van der Waals surface area contributed by atoms with Gasteiger partial charge in [0, 0.05) is 17.8 Å². The van der Waals surface area contributed by atoms with Crippen LogP contribution in [-0.4, -0.2) is 16.5 Å². The second kappa shape index (κ2) is 4.00. The van der Waals surface area contributed by atoms with Crippen LogP contribution in [0.15, 0.2) is 36.4 Å². The van der Waals surface area contributed by atoms with Crippen molar-refractivity contribution in [1.82, 2.24) is 9.97 Å². The quantitative estimate of drug-likeness (QED) is 0.704. The van der Waals surface area contributed by atoms with Crippen LogP contribution in [0.2, 0.25) is 5.02 Å². The summed E-state index contributed by atoms with van der Waals surface area (Å²) < 4.78 is 0. The Labute approximate surface area is 115 Å². The molecule has 0 spiro atoms. The van der Waals surface area contributed by atoms with Crippen molar-refractivity contribution < 1.29 is 0 Å². The van der Waals surface area contributed by atoms with Crippen LogP contribution in [0.4, 0.5) is 5.69 Å². The van der Waals surface area contributed by atoms with Crippen LogP contribution in [0.1, 0.15) is 5.56 Å². The van der Waals surface area contributed by atoms with Gasteiger partial charge in [-0.05, 0) is 42.3 Å². The molecule has 94 valence electrons. The lowest BCUT2D eigenvalue weighted by atomic mass is 10.1. The number of nitrogens with one attached hydrogen (secondary N) is 2. The Morgan fingerprint density at radius 2 is 2.11 bits per heavy atom. The molecule has 1 aliphatic heterocycles. The van der Waals surface area contributed by atoms with Gasteiger partial charge < -0.3 is 10.3 Å². The molecule has 3 aromatic rings. The Hall–Kier alpha value is -2.00. The molecule has 0 saturated carbocycles. The van der Waals surface area contributed by atoms with Gasteiger partial charge in [-0.2, -0.15) is 0 Å². The monoisotopic (exact) mass is 269 g/mol. The van der Waals surface area contributed by atoms with E-state index in [9.17, 15) is 0 Å². The maximum atomic E-state index is 6.16. The predicted octanol–water partition coefficient (Wildman–Crippen LogP) is 3.85. The van der Waals surface area contributed by atoms with Crippen molar-refractivity contribution >= 4 is 28.3 Å². The van der Waals surface area contributed by atoms with Gasteiger partial charge in [0.15, 0.2) is 0 Å². The van der Waals surface area contributed by atoms with Gasteiger partial charge in [-0.25, -0.2) is 4.98 Å². The van der Waals surface area contributed by atoms with Crippen LogP contribution in [0.3, 0.4) is 0 Å². The standard InChI is InChI=1S/C15H12ClN3/c16-11-2-1-3-13-14(11)19-15(18-13)10-4-5-12-9(8-10)6-7-17-12/h1-5,8,17H,6-7H2,(H,18,19). The maximum Gasteiger partial charge on any atom is 0.138 e. The SMILES string of the molecule is Clc1cccc2[nH]c(-c3ccc4c(c3)CCN4)nc12. The Kier molecular flexibility index (Phi) is 2.29. The molecule has 2 N–H and O–H groups in total. The molecule has 0 fully saturated rings. The molecule has 4 heteroatoms. The first-order valence-corrected chi connectivity index (χ1v) is 6.70. The van der Waals surface area contributed by atoms with E-state index in [0.717, 1.165) is 35.4 Å². The number of imidazole rings is 1. The summed E-state index contributed by atoms with van der Waals surface area (Å²) in [5, 5.41) is 4.05. The lowest BCUT2D eigenvalue weighted by Crippen LogP contribution is -1.90. The van der Waals surface area contributed by atoms with Crippen LogP contribution in [0, 0.1) is 0 Å². The third kappa shape index (κ3) is 1.70. The van der Waals surface area contributed by atoms with E-state index in [1.807, 2.05) is 18.2 Å². The minimum atomic E-state index is 0.683. The summed E-state index contributed by atoms with van der Waals surface area (Å²) in [6.45, 7) is 1.02. The van der Waals surface area contributed by atoms with Crippen LogP contribution in [0.5, 0.6) is 0 Å². The van der Waals surface area contributed by atoms with E-state index < -0.39 is 0 Å². The van der Waals surface area contributed by atoms with Crippen molar-refractivity contribution in [2.75, 3.05) is 11.9 Å². The first-order valence-electron chi connectivity index (χ1n) is 6.33. The number of hydrogen-bond acceptors (Lipinski definition) is 2. The Bertz CT molecular complexity index is 776. The van der Waals surface area contributed by atoms with Crippen molar-refractivity contribution in [2.45, 2.75) is 6.42 Å². The van der Waals surface area contributed by atoms with Crippen molar-refractivity contribution in [3.05, 3.63) is 47.0 Å². The number of anilines is 1. The highest BCUT2D eigenvalue weighted by Gasteiger charge is 2.13. The number of benzene rings is 2. The average molecular weight is 270 g/mol. The van der Waals surface area contributed by atoms with Crippen molar-refractivity contribution in [3.8, 4) is 11.4 Å². The predicted molar refractivity (Wildman–Crippen MR) is 78.7 cm³/mol. The molecule has 0 aliphatic carbocycles. The minimum Gasteiger partial charge on any atom is -0.384 e. The summed E-state index contributed by atoms with van der Waals surface area (Å²) in [4.78, 5) is 7.93. The van der Waals surface area contributed by atoms with Crippen molar-refractivity contribution in [2.24, 2.45) is 0 Å². The lowest BCUT2D eigenvalue weighted by Gasteiger charge is -2.01. The Morgan fingerprint density at radius 3 is 3.00 bits per heavy atom. The third-order valence-electron chi connectivity index (χ3n) is 3.55. The van der Waals surface area contributed by atoms with E-state index in [-0.39, 0.29) is 0 Å². The molecule has 0 radical (unpaired) electrons. The highest BCUT2D eigenvalue weighted by molar-refractivity contribution is 6.35. The molecule has 0 bridgehead atoms. The molecule has 2 heterocycles. The molecule has 1 aromatic heterocycles. The van der Waals surface area contributed by atoms with E-state index >= 15 is 0 Å². The van der Waals surface area contributed by atoms with Gasteiger partial charge in [-0.15, -0.1) is 0 Å². The zero-order valence-corrected chi connectivity index (χ0v) is 11.0. The normalized spacial score (nSPS) is 13.5. The van der Waals surface area contributed by atoms with Crippen LogP contribution in [-0.2, 0) is 6.42 Å². The number of H-pyrrole nitrogens is 1.